The van der Waals surface area contributed by atoms with Crippen LogP contribution in [0.25, 0.3) is 5.65 Å². The van der Waals surface area contributed by atoms with Gasteiger partial charge in [-0.1, -0.05) is 6.07 Å². The van der Waals surface area contributed by atoms with Crippen LogP contribution in [-0.4, -0.2) is 9.38 Å². The maximum atomic E-state index is 6.16. The lowest BCUT2D eigenvalue weighted by Crippen LogP contribution is -2.20. The molecule has 14 heavy (non-hydrogen) atoms. The van der Waals surface area contributed by atoms with Crippen molar-refractivity contribution in [3.05, 3.63) is 35.8 Å². The standard InChI is InChI=1S/C11H13N3/c1-8-10(11(12)5-6-11)13-9-4-2-3-7-14(8)9/h2-4,7H,5-6,12H2,1H3. The Hall–Kier alpha value is -1.35. The molecule has 1 fully saturated rings. The minimum Gasteiger partial charge on any atom is -0.320 e. The van der Waals surface area contributed by atoms with Crippen molar-refractivity contribution in [2.24, 2.45) is 5.73 Å². The summed E-state index contributed by atoms with van der Waals surface area (Å²) in [6, 6.07) is 6.03. The van der Waals surface area contributed by atoms with E-state index in [4.69, 9.17) is 5.73 Å². The molecule has 0 bridgehead atoms. The monoisotopic (exact) mass is 187 g/mol. The molecule has 2 N–H and O–H groups in total. The predicted molar refractivity (Wildman–Crippen MR) is 55.0 cm³/mol. The van der Waals surface area contributed by atoms with E-state index in [9.17, 15) is 0 Å². The Morgan fingerprint density at radius 2 is 2.21 bits per heavy atom. The number of nitrogens with zero attached hydrogens (tertiary/aromatic N) is 2. The highest BCUT2D eigenvalue weighted by atomic mass is 15.0. The molecule has 3 nitrogen and oxygen atoms in total. The number of hydrogen-bond donors (Lipinski definition) is 1. The Balaban J connectivity index is 2.31. The first-order chi connectivity index (χ1) is 6.71. The van der Waals surface area contributed by atoms with Crippen LogP contribution >= 0.6 is 0 Å². The first-order valence-corrected chi connectivity index (χ1v) is 4.94. The van der Waals surface area contributed by atoms with Gasteiger partial charge < -0.3 is 10.1 Å². The summed E-state index contributed by atoms with van der Waals surface area (Å²) in [6.07, 6.45) is 4.17. The van der Waals surface area contributed by atoms with Crippen LogP contribution in [-0.2, 0) is 5.54 Å². The molecule has 0 amide bonds. The lowest BCUT2D eigenvalue weighted by Gasteiger charge is -2.05. The zero-order valence-corrected chi connectivity index (χ0v) is 8.20. The summed E-state index contributed by atoms with van der Waals surface area (Å²) in [4.78, 5) is 4.58. The molecule has 2 aromatic heterocycles. The second-order valence-electron chi connectivity index (χ2n) is 4.13. The molecule has 1 aliphatic carbocycles. The van der Waals surface area contributed by atoms with Gasteiger partial charge >= 0.3 is 0 Å². The van der Waals surface area contributed by atoms with Crippen molar-refractivity contribution >= 4 is 5.65 Å². The first kappa shape index (κ1) is 8.00. The van der Waals surface area contributed by atoms with E-state index in [2.05, 4.69) is 16.3 Å². The molecular weight excluding hydrogens is 174 g/mol. The highest BCUT2D eigenvalue weighted by Gasteiger charge is 2.43. The maximum Gasteiger partial charge on any atom is 0.137 e. The van der Waals surface area contributed by atoms with E-state index in [1.54, 1.807) is 0 Å². The highest BCUT2D eigenvalue weighted by Crippen LogP contribution is 2.43. The molecule has 0 aliphatic heterocycles. The van der Waals surface area contributed by atoms with E-state index in [0.717, 1.165) is 24.2 Å². The van der Waals surface area contributed by atoms with Gasteiger partial charge in [0.2, 0.25) is 0 Å². The molecule has 72 valence electrons. The van der Waals surface area contributed by atoms with Crippen LogP contribution in [0.15, 0.2) is 24.4 Å². The summed E-state index contributed by atoms with van der Waals surface area (Å²) in [6.45, 7) is 2.09. The van der Waals surface area contributed by atoms with E-state index in [1.165, 1.54) is 5.69 Å². The van der Waals surface area contributed by atoms with Gasteiger partial charge in [-0.3, -0.25) is 0 Å². The van der Waals surface area contributed by atoms with E-state index in [-0.39, 0.29) is 5.54 Å². The van der Waals surface area contributed by atoms with Crippen LogP contribution < -0.4 is 5.73 Å². The Bertz CT molecular complexity index is 494. The van der Waals surface area contributed by atoms with Crippen LogP contribution in [0.3, 0.4) is 0 Å². The number of fused-ring (bicyclic) bond motifs is 1. The molecule has 0 unspecified atom stereocenters. The lowest BCUT2D eigenvalue weighted by molar-refractivity contribution is 0.707. The van der Waals surface area contributed by atoms with Crippen LogP contribution in [0.4, 0.5) is 0 Å². The van der Waals surface area contributed by atoms with Crippen molar-refractivity contribution in [3.8, 4) is 0 Å². The van der Waals surface area contributed by atoms with Gasteiger partial charge in [0.25, 0.3) is 0 Å². The van der Waals surface area contributed by atoms with Crippen LogP contribution in [0.5, 0.6) is 0 Å². The topological polar surface area (TPSA) is 43.3 Å². The normalized spacial score (nSPS) is 18.7. The Morgan fingerprint density at radius 3 is 2.86 bits per heavy atom. The van der Waals surface area contributed by atoms with Crippen molar-refractivity contribution in [2.75, 3.05) is 0 Å². The van der Waals surface area contributed by atoms with Gasteiger partial charge in [0.05, 0.1) is 11.2 Å². The molecule has 2 heterocycles. The fourth-order valence-electron chi connectivity index (χ4n) is 1.96. The summed E-state index contributed by atoms with van der Waals surface area (Å²) in [5.41, 5.74) is 9.28. The summed E-state index contributed by atoms with van der Waals surface area (Å²) < 4.78 is 2.10. The Labute approximate surface area is 82.6 Å². The van der Waals surface area contributed by atoms with E-state index >= 15 is 0 Å². The second kappa shape index (κ2) is 2.36. The van der Waals surface area contributed by atoms with Crippen LogP contribution in [0.2, 0.25) is 0 Å². The first-order valence-electron chi connectivity index (χ1n) is 4.94. The SMILES string of the molecule is Cc1c(C2(N)CC2)nc2ccccn12. The number of rotatable bonds is 1. The third kappa shape index (κ3) is 0.930. The van der Waals surface area contributed by atoms with Crippen LogP contribution in [0.1, 0.15) is 24.2 Å². The maximum absolute atomic E-state index is 6.16. The summed E-state index contributed by atoms with van der Waals surface area (Å²) in [5, 5.41) is 0. The number of aromatic nitrogens is 2. The van der Waals surface area contributed by atoms with Gasteiger partial charge in [-0.25, -0.2) is 4.98 Å². The molecule has 0 saturated heterocycles. The Kier molecular flexibility index (Phi) is 1.35. The Morgan fingerprint density at radius 1 is 1.43 bits per heavy atom. The zero-order chi connectivity index (χ0) is 9.76. The quantitative estimate of drug-likeness (QED) is 0.736. The van der Waals surface area contributed by atoms with Crippen molar-refractivity contribution in [1.82, 2.24) is 9.38 Å². The summed E-state index contributed by atoms with van der Waals surface area (Å²) >= 11 is 0. The van der Waals surface area contributed by atoms with Crippen molar-refractivity contribution in [3.63, 3.8) is 0 Å². The lowest BCUT2D eigenvalue weighted by atomic mass is 10.1. The number of aryl methyl sites for hydroxylation is 1. The minimum absolute atomic E-state index is 0.129. The molecule has 2 aromatic rings. The predicted octanol–water partition coefficient (Wildman–Crippen LogP) is 1.59. The number of nitrogens with two attached hydrogens (primary N) is 1. The van der Waals surface area contributed by atoms with E-state index in [0.29, 0.717) is 0 Å². The van der Waals surface area contributed by atoms with Gasteiger partial charge in [-0.15, -0.1) is 0 Å². The van der Waals surface area contributed by atoms with Crippen molar-refractivity contribution in [1.29, 1.82) is 0 Å². The molecule has 1 saturated carbocycles. The summed E-state index contributed by atoms with van der Waals surface area (Å²) in [7, 11) is 0. The fourth-order valence-corrected chi connectivity index (χ4v) is 1.96. The van der Waals surface area contributed by atoms with Gasteiger partial charge in [0.1, 0.15) is 5.65 Å². The zero-order valence-electron chi connectivity index (χ0n) is 8.20. The molecule has 0 atom stereocenters. The molecule has 1 aliphatic rings. The largest absolute Gasteiger partial charge is 0.320 e. The smallest absolute Gasteiger partial charge is 0.137 e. The average Bonchev–Trinajstić information content (AvgIpc) is 2.84. The number of imidazole rings is 1. The molecule has 0 radical (unpaired) electrons. The van der Waals surface area contributed by atoms with Gasteiger partial charge in [0, 0.05) is 11.9 Å². The molecule has 0 aromatic carbocycles. The van der Waals surface area contributed by atoms with E-state index < -0.39 is 0 Å². The summed E-state index contributed by atoms with van der Waals surface area (Å²) in [5.74, 6) is 0. The fraction of sp³-hybridized carbons (Fsp3) is 0.364. The molecule has 3 rings (SSSR count). The second-order valence-corrected chi connectivity index (χ2v) is 4.13. The van der Waals surface area contributed by atoms with Crippen LogP contribution in [0, 0.1) is 6.92 Å². The highest BCUT2D eigenvalue weighted by molar-refractivity contribution is 5.45. The van der Waals surface area contributed by atoms with Gasteiger partial charge in [-0.05, 0) is 31.9 Å². The molecule has 3 heteroatoms. The van der Waals surface area contributed by atoms with Gasteiger partial charge in [0.15, 0.2) is 0 Å². The van der Waals surface area contributed by atoms with E-state index in [1.807, 2.05) is 24.4 Å². The number of hydrogen-bond acceptors (Lipinski definition) is 2. The third-order valence-electron chi connectivity index (χ3n) is 3.03. The van der Waals surface area contributed by atoms with Crippen molar-refractivity contribution in [2.45, 2.75) is 25.3 Å². The number of pyridine rings is 1. The van der Waals surface area contributed by atoms with Crippen molar-refractivity contribution < 1.29 is 0 Å². The molecule has 0 spiro atoms. The minimum atomic E-state index is -0.129. The third-order valence-corrected chi connectivity index (χ3v) is 3.03. The van der Waals surface area contributed by atoms with Gasteiger partial charge in [-0.2, -0.15) is 0 Å². The molecular formula is C11H13N3. The average molecular weight is 187 g/mol.